The molecule has 1 fully saturated rings. The third-order valence-corrected chi connectivity index (χ3v) is 4.27. The lowest BCUT2D eigenvalue weighted by atomic mass is 9.84. The Morgan fingerprint density at radius 1 is 1.24 bits per heavy atom. The summed E-state index contributed by atoms with van der Waals surface area (Å²) < 4.78 is 0. The van der Waals surface area contributed by atoms with E-state index in [-0.39, 0.29) is 0 Å². The van der Waals surface area contributed by atoms with Crippen molar-refractivity contribution >= 4 is 0 Å². The van der Waals surface area contributed by atoms with Crippen LogP contribution in [-0.4, -0.2) is 24.5 Å². The summed E-state index contributed by atoms with van der Waals surface area (Å²) in [5.74, 6) is 0.852. The SMILES string of the molecule is CCCN1CCC(C2=CCCC(CC)=C2)CC1. The van der Waals surface area contributed by atoms with Gasteiger partial charge in [0.2, 0.25) is 0 Å². The van der Waals surface area contributed by atoms with Crippen LogP contribution in [0, 0.1) is 5.92 Å². The van der Waals surface area contributed by atoms with Crippen molar-refractivity contribution in [2.45, 2.75) is 52.4 Å². The van der Waals surface area contributed by atoms with Gasteiger partial charge in [-0.15, -0.1) is 0 Å². The van der Waals surface area contributed by atoms with Gasteiger partial charge in [0, 0.05) is 0 Å². The zero-order valence-corrected chi connectivity index (χ0v) is 11.5. The fraction of sp³-hybridized carbons (Fsp3) is 0.750. The zero-order valence-electron chi connectivity index (χ0n) is 11.5. The summed E-state index contributed by atoms with van der Waals surface area (Å²) in [5, 5.41) is 0. The van der Waals surface area contributed by atoms with Crippen LogP contribution in [0.1, 0.15) is 52.4 Å². The van der Waals surface area contributed by atoms with Crippen LogP contribution in [0.5, 0.6) is 0 Å². The third-order valence-electron chi connectivity index (χ3n) is 4.27. The molecule has 1 nitrogen and oxygen atoms in total. The maximum Gasteiger partial charge on any atom is -0.00129 e. The van der Waals surface area contributed by atoms with Crippen molar-refractivity contribution in [1.29, 1.82) is 0 Å². The molecule has 0 unspecified atom stereocenters. The Morgan fingerprint density at radius 3 is 2.65 bits per heavy atom. The lowest BCUT2D eigenvalue weighted by Crippen LogP contribution is -2.34. The van der Waals surface area contributed by atoms with Crippen molar-refractivity contribution in [3.05, 3.63) is 23.3 Å². The van der Waals surface area contributed by atoms with Gasteiger partial charge in [-0.2, -0.15) is 0 Å². The van der Waals surface area contributed by atoms with Gasteiger partial charge >= 0.3 is 0 Å². The van der Waals surface area contributed by atoms with Crippen LogP contribution in [0.2, 0.25) is 0 Å². The van der Waals surface area contributed by atoms with Crippen molar-refractivity contribution in [3.8, 4) is 0 Å². The summed E-state index contributed by atoms with van der Waals surface area (Å²) in [5.41, 5.74) is 3.32. The second-order valence-electron chi connectivity index (χ2n) is 5.51. The van der Waals surface area contributed by atoms with Crippen LogP contribution in [0.25, 0.3) is 0 Å². The van der Waals surface area contributed by atoms with E-state index in [9.17, 15) is 0 Å². The highest BCUT2D eigenvalue weighted by Crippen LogP contribution is 2.31. The van der Waals surface area contributed by atoms with Gasteiger partial charge in [-0.1, -0.05) is 31.6 Å². The quantitative estimate of drug-likeness (QED) is 0.704. The number of rotatable bonds is 4. The summed E-state index contributed by atoms with van der Waals surface area (Å²) >= 11 is 0. The molecular weight excluding hydrogens is 206 g/mol. The molecular formula is C16H27N. The summed E-state index contributed by atoms with van der Waals surface area (Å²) in [6, 6.07) is 0. The smallest absolute Gasteiger partial charge is 0.00129 e. The van der Waals surface area contributed by atoms with Crippen molar-refractivity contribution < 1.29 is 0 Å². The summed E-state index contributed by atoms with van der Waals surface area (Å²) in [6.07, 6.45) is 12.9. The van der Waals surface area contributed by atoms with Gasteiger partial charge in [-0.3, -0.25) is 0 Å². The van der Waals surface area contributed by atoms with E-state index < -0.39 is 0 Å². The molecule has 0 atom stereocenters. The topological polar surface area (TPSA) is 3.24 Å². The number of piperidine rings is 1. The third kappa shape index (κ3) is 3.45. The van der Waals surface area contributed by atoms with E-state index in [4.69, 9.17) is 0 Å². The molecule has 0 aromatic heterocycles. The van der Waals surface area contributed by atoms with Crippen LogP contribution >= 0.6 is 0 Å². The normalized spacial score (nSPS) is 23.4. The van der Waals surface area contributed by atoms with Crippen LogP contribution in [0.15, 0.2) is 23.3 Å². The molecule has 0 aromatic carbocycles. The second kappa shape index (κ2) is 6.39. The molecule has 2 rings (SSSR count). The zero-order chi connectivity index (χ0) is 12.1. The first-order valence-electron chi connectivity index (χ1n) is 7.45. The first kappa shape index (κ1) is 12.9. The Kier molecular flexibility index (Phi) is 4.85. The molecule has 2 aliphatic rings. The molecule has 0 bridgehead atoms. The molecule has 0 spiro atoms. The minimum absolute atomic E-state index is 0.852. The number of allylic oxidation sites excluding steroid dienone is 4. The predicted molar refractivity (Wildman–Crippen MR) is 75.1 cm³/mol. The minimum Gasteiger partial charge on any atom is -0.303 e. The van der Waals surface area contributed by atoms with Crippen LogP contribution in [0.4, 0.5) is 0 Å². The molecule has 1 heterocycles. The van der Waals surface area contributed by atoms with Crippen molar-refractivity contribution in [3.63, 3.8) is 0 Å². The average molecular weight is 233 g/mol. The molecule has 17 heavy (non-hydrogen) atoms. The van der Waals surface area contributed by atoms with Gasteiger partial charge in [0.1, 0.15) is 0 Å². The number of hydrogen-bond donors (Lipinski definition) is 0. The maximum atomic E-state index is 2.63. The average Bonchev–Trinajstić information content (AvgIpc) is 2.40. The molecule has 0 saturated carbocycles. The Hall–Kier alpha value is -0.560. The highest BCUT2D eigenvalue weighted by Gasteiger charge is 2.21. The maximum absolute atomic E-state index is 2.63. The highest BCUT2D eigenvalue weighted by molar-refractivity contribution is 5.30. The van der Waals surface area contributed by atoms with E-state index >= 15 is 0 Å². The van der Waals surface area contributed by atoms with Crippen molar-refractivity contribution in [2.24, 2.45) is 5.92 Å². The molecule has 1 aliphatic carbocycles. The fourth-order valence-electron chi connectivity index (χ4n) is 3.16. The number of nitrogens with zero attached hydrogens (tertiary/aromatic N) is 1. The summed E-state index contributed by atoms with van der Waals surface area (Å²) in [7, 11) is 0. The van der Waals surface area contributed by atoms with E-state index in [2.05, 4.69) is 30.9 Å². The van der Waals surface area contributed by atoms with Crippen molar-refractivity contribution in [1.82, 2.24) is 4.90 Å². The first-order valence-corrected chi connectivity index (χ1v) is 7.45. The lowest BCUT2D eigenvalue weighted by molar-refractivity contribution is 0.200. The molecule has 1 saturated heterocycles. The number of likely N-dealkylation sites (tertiary alicyclic amines) is 1. The van der Waals surface area contributed by atoms with E-state index in [1.165, 1.54) is 58.2 Å². The number of hydrogen-bond acceptors (Lipinski definition) is 1. The van der Waals surface area contributed by atoms with E-state index in [0.717, 1.165) is 5.92 Å². The molecule has 0 aromatic rings. The molecule has 1 aliphatic heterocycles. The van der Waals surface area contributed by atoms with Crippen molar-refractivity contribution in [2.75, 3.05) is 19.6 Å². The Labute approximate surface area is 107 Å². The van der Waals surface area contributed by atoms with E-state index in [1.54, 1.807) is 11.1 Å². The monoisotopic (exact) mass is 233 g/mol. The second-order valence-corrected chi connectivity index (χ2v) is 5.51. The largest absolute Gasteiger partial charge is 0.303 e. The fourth-order valence-corrected chi connectivity index (χ4v) is 3.16. The van der Waals surface area contributed by atoms with Gasteiger partial charge in [0.25, 0.3) is 0 Å². The standard InChI is InChI=1S/C16H27N/c1-3-10-17-11-8-15(9-12-17)16-7-5-6-14(4-2)13-16/h7,13,15H,3-6,8-12H2,1-2H3. The highest BCUT2D eigenvalue weighted by atomic mass is 15.1. The minimum atomic E-state index is 0.852. The molecule has 0 radical (unpaired) electrons. The molecule has 96 valence electrons. The molecule has 1 heteroatoms. The first-order chi connectivity index (χ1) is 8.33. The molecule has 0 amide bonds. The van der Waals surface area contributed by atoms with Crippen LogP contribution in [0.3, 0.4) is 0 Å². The Morgan fingerprint density at radius 2 is 2.00 bits per heavy atom. The van der Waals surface area contributed by atoms with Gasteiger partial charge in [0.05, 0.1) is 0 Å². The Bertz CT molecular complexity index is 293. The lowest BCUT2D eigenvalue weighted by Gasteiger charge is -2.33. The van der Waals surface area contributed by atoms with E-state index in [0.29, 0.717) is 0 Å². The van der Waals surface area contributed by atoms with Crippen LogP contribution < -0.4 is 0 Å². The van der Waals surface area contributed by atoms with Gasteiger partial charge in [0.15, 0.2) is 0 Å². The van der Waals surface area contributed by atoms with Gasteiger partial charge < -0.3 is 4.90 Å². The summed E-state index contributed by atoms with van der Waals surface area (Å²) in [6.45, 7) is 8.49. The van der Waals surface area contributed by atoms with Gasteiger partial charge in [-0.05, 0) is 69.7 Å². The van der Waals surface area contributed by atoms with E-state index in [1.807, 2.05) is 0 Å². The summed E-state index contributed by atoms with van der Waals surface area (Å²) in [4.78, 5) is 2.63. The predicted octanol–water partition coefficient (Wildman–Crippen LogP) is 4.17. The Balaban J connectivity index is 1.88. The van der Waals surface area contributed by atoms with Crippen LogP contribution in [-0.2, 0) is 0 Å². The molecule has 0 N–H and O–H groups in total. The van der Waals surface area contributed by atoms with Gasteiger partial charge in [-0.25, -0.2) is 0 Å².